The van der Waals surface area contributed by atoms with Gasteiger partial charge >= 0.3 is 5.97 Å². The molecule has 0 aliphatic carbocycles. The lowest BCUT2D eigenvalue weighted by atomic mass is 10.1. The lowest BCUT2D eigenvalue weighted by Gasteiger charge is -2.24. The molecule has 3 unspecified atom stereocenters. The minimum Gasteiger partial charge on any atom is -0.481 e. The van der Waals surface area contributed by atoms with Crippen molar-refractivity contribution >= 4 is 11.9 Å². The van der Waals surface area contributed by atoms with Crippen molar-refractivity contribution in [1.29, 1.82) is 0 Å². The Morgan fingerprint density at radius 1 is 1.53 bits per heavy atom. The number of carbonyl (C=O) groups excluding carboxylic acids is 1. The van der Waals surface area contributed by atoms with Crippen LogP contribution in [0.3, 0.4) is 0 Å². The van der Waals surface area contributed by atoms with E-state index in [0.717, 1.165) is 6.42 Å². The van der Waals surface area contributed by atoms with E-state index in [2.05, 4.69) is 6.92 Å². The first-order valence-electron chi connectivity index (χ1n) is 5.19. The van der Waals surface area contributed by atoms with E-state index >= 15 is 0 Å². The van der Waals surface area contributed by atoms with E-state index in [4.69, 9.17) is 10.8 Å². The molecule has 0 aromatic heterocycles. The molecular formula is C10H18N2O3. The van der Waals surface area contributed by atoms with E-state index in [-0.39, 0.29) is 18.4 Å². The summed E-state index contributed by atoms with van der Waals surface area (Å²) in [6.07, 6.45) is 0.669. The SMILES string of the molecule is CC1CC(C)N(C(=O)C(N)CC(=O)O)C1. The second-order valence-electron chi connectivity index (χ2n) is 4.38. The van der Waals surface area contributed by atoms with Crippen LogP contribution in [-0.4, -0.2) is 40.5 Å². The number of carboxylic acids is 1. The molecule has 0 aromatic rings. The second kappa shape index (κ2) is 4.61. The zero-order valence-corrected chi connectivity index (χ0v) is 9.14. The molecule has 0 spiro atoms. The maximum Gasteiger partial charge on any atom is 0.305 e. The molecule has 0 saturated carbocycles. The van der Waals surface area contributed by atoms with Crippen LogP contribution >= 0.6 is 0 Å². The summed E-state index contributed by atoms with van der Waals surface area (Å²) < 4.78 is 0. The molecule has 1 aliphatic rings. The number of nitrogens with zero attached hydrogens (tertiary/aromatic N) is 1. The molecule has 0 bridgehead atoms. The van der Waals surface area contributed by atoms with Gasteiger partial charge in [0.25, 0.3) is 0 Å². The van der Waals surface area contributed by atoms with Crippen LogP contribution in [-0.2, 0) is 9.59 Å². The average Bonchev–Trinajstić information content (AvgIpc) is 2.42. The summed E-state index contributed by atoms with van der Waals surface area (Å²) in [5.41, 5.74) is 5.53. The highest BCUT2D eigenvalue weighted by atomic mass is 16.4. The van der Waals surface area contributed by atoms with Gasteiger partial charge in [-0.2, -0.15) is 0 Å². The Morgan fingerprint density at radius 3 is 2.53 bits per heavy atom. The smallest absolute Gasteiger partial charge is 0.305 e. The van der Waals surface area contributed by atoms with Crippen LogP contribution in [0, 0.1) is 5.92 Å². The number of carbonyl (C=O) groups is 2. The van der Waals surface area contributed by atoms with Crippen molar-refractivity contribution in [3.63, 3.8) is 0 Å². The fourth-order valence-corrected chi connectivity index (χ4v) is 2.10. The molecule has 0 radical (unpaired) electrons. The number of carboxylic acid groups (broad SMARTS) is 1. The van der Waals surface area contributed by atoms with Crippen LogP contribution in [0.2, 0.25) is 0 Å². The Balaban J connectivity index is 2.56. The van der Waals surface area contributed by atoms with Gasteiger partial charge in [-0.05, 0) is 19.3 Å². The average molecular weight is 214 g/mol. The van der Waals surface area contributed by atoms with Crippen molar-refractivity contribution in [3.05, 3.63) is 0 Å². The van der Waals surface area contributed by atoms with E-state index in [9.17, 15) is 9.59 Å². The molecule has 86 valence electrons. The highest BCUT2D eigenvalue weighted by molar-refractivity contribution is 5.86. The Kier molecular flexibility index (Phi) is 3.68. The Labute approximate surface area is 89.2 Å². The van der Waals surface area contributed by atoms with E-state index in [1.165, 1.54) is 0 Å². The van der Waals surface area contributed by atoms with Crippen molar-refractivity contribution in [2.45, 2.75) is 38.8 Å². The standard InChI is InChI=1S/C10H18N2O3/c1-6-3-7(2)12(5-6)10(15)8(11)4-9(13)14/h6-8H,3-5,11H2,1-2H3,(H,13,14). The van der Waals surface area contributed by atoms with Crippen LogP contribution in [0.15, 0.2) is 0 Å². The van der Waals surface area contributed by atoms with E-state index < -0.39 is 12.0 Å². The summed E-state index contributed by atoms with van der Waals surface area (Å²) in [5, 5.41) is 8.54. The first-order chi connectivity index (χ1) is 6.91. The number of amides is 1. The zero-order valence-electron chi connectivity index (χ0n) is 9.14. The quantitative estimate of drug-likeness (QED) is 0.695. The number of hydrogen-bond donors (Lipinski definition) is 2. The van der Waals surface area contributed by atoms with E-state index in [1.807, 2.05) is 6.92 Å². The van der Waals surface area contributed by atoms with Gasteiger partial charge in [0.1, 0.15) is 0 Å². The monoisotopic (exact) mass is 214 g/mol. The van der Waals surface area contributed by atoms with Crippen molar-refractivity contribution in [2.75, 3.05) is 6.54 Å². The third-order valence-electron chi connectivity index (χ3n) is 2.78. The highest BCUT2D eigenvalue weighted by Gasteiger charge is 2.33. The summed E-state index contributed by atoms with van der Waals surface area (Å²) in [4.78, 5) is 23.9. The number of hydrogen-bond acceptors (Lipinski definition) is 3. The summed E-state index contributed by atoms with van der Waals surface area (Å²) in [7, 11) is 0. The molecule has 1 fully saturated rings. The molecule has 1 saturated heterocycles. The van der Waals surface area contributed by atoms with Crippen LogP contribution in [0.5, 0.6) is 0 Å². The molecule has 1 heterocycles. The zero-order chi connectivity index (χ0) is 11.6. The van der Waals surface area contributed by atoms with Crippen LogP contribution in [0.25, 0.3) is 0 Å². The Bertz CT molecular complexity index is 267. The lowest BCUT2D eigenvalue weighted by Crippen LogP contribution is -2.46. The summed E-state index contributed by atoms with van der Waals surface area (Å²) in [6.45, 7) is 4.73. The van der Waals surface area contributed by atoms with Gasteiger partial charge in [-0.3, -0.25) is 9.59 Å². The maximum absolute atomic E-state index is 11.8. The van der Waals surface area contributed by atoms with E-state index in [1.54, 1.807) is 4.90 Å². The van der Waals surface area contributed by atoms with Gasteiger partial charge < -0.3 is 15.7 Å². The number of aliphatic carboxylic acids is 1. The van der Waals surface area contributed by atoms with Crippen molar-refractivity contribution in [1.82, 2.24) is 4.90 Å². The molecule has 3 atom stereocenters. The molecule has 1 aliphatic heterocycles. The minimum atomic E-state index is -1.03. The molecule has 3 N–H and O–H groups in total. The third kappa shape index (κ3) is 2.92. The maximum atomic E-state index is 11.8. The molecule has 15 heavy (non-hydrogen) atoms. The molecule has 1 rings (SSSR count). The van der Waals surface area contributed by atoms with Gasteiger partial charge in [-0.25, -0.2) is 0 Å². The van der Waals surface area contributed by atoms with Gasteiger partial charge in [0.15, 0.2) is 0 Å². The number of nitrogens with two attached hydrogens (primary N) is 1. The third-order valence-corrected chi connectivity index (χ3v) is 2.78. The molecule has 0 aromatic carbocycles. The molecule has 5 nitrogen and oxygen atoms in total. The second-order valence-corrected chi connectivity index (χ2v) is 4.38. The number of likely N-dealkylation sites (tertiary alicyclic amines) is 1. The van der Waals surface area contributed by atoms with Crippen molar-refractivity contribution in [3.8, 4) is 0 Å². The summed E-state index contributed by atoms with van der Waals surface area (Å²) in [5.74, 6) is -0.800. The van der Waals surface area contributed by atoms with Crippen LogP contribution in [0.1, 0.15) is 26.7 Å². The van der Waals surface area contributed by atoms with Gasteiger partial charge in [0.2, 0.25) is 5.91 Å². The summed E-state index contributed by atoms with van der Waals surface area (Å²) in [6, 6.07) is -0.734. The molecule has 1 amide bonds. The van der Waals surface area contributed by atoms with Gasteiger partial charge in [0, 0.05) is 12.6 Å². The largest absolute Gasteiger partial charge is 0.481 e. The van der Waals surface area contributed by atoms with Crippen LogP contribution in [0.4, 0.5) is 0 Å². The predicted molar refractivity (Wildman–Crippen MR) is 55.2 cm³/mol. The molecular weight excluding hydrogens is 196 g/mol. The topological polar surface area (TPSA) is 83.6 Å². The first kappa shape index (κ1) is 12.0. The van der Waals surface area contributed by atoms with Gasteiger partial charge in [-0.15, -0.1) is 0 Å². The minimum absolute atomic E-state index is 0.173. The van der Waals surface area contributed by atoms with Crippen LogP contribution < -0.4 is 5.73 Å². The van der Waals surface area contributed by atoms with Crippen molar-refractivity contribution < 1.29 is 14.7 Å². The van der Waals surface area contributed by atoms with Gasteiger partial charge in [0.05, 0.1) is 12.5 Å². The Morgan fingerprint density at radius 2 is 2.13 bits per heavy atom. The normalized spacial score (nSPS) is 27.8. The Hall–Kier alpha value is -1.10. The first-order valence-corrected chi connectivity index (χ1v) is 5.19. The van der Waals surface area contributed by atoms with Crippen molar-refractivity contribution in [2.24, 2.45) is 11.7 Å². The summed E-state index contributed by atoms with van der Waals surface area (Å²) >= 11 is 0. The highest BCUT2D eigenvalue weighted by Crippen LogP contribution is 2.22. The predicted octanol–water partition coefficient (Wildman–Crippen LogP) is 0.0453. The fraction of sp³-hybridized carbons (Fsp3) is 0.800. The lowest BCUT2D eigenvalue weighted by molar-refractivity contribution is -0.142. The number of rotatable bonds is 3. The fourth-order valence-electron chi connectivity index (χ4n) is 2.10. The molecule has 5 heteroatoms. The van der Waals surface area contributed by atoms with E-state index in [0.29, 0.717) is 12.5 Å². The van der Waals surface area contributed by atoms with Gasteiger partial charge in [-0.1, -0.05) is 6.92 Å².